The summed E-state index contributed by atoms with van der Waals surface area (Å²) in [6.07, 6.45) is 1.13. The van der Waals surface area contributed by atoms with Crippen LogP contribution in [0.15, 0.2) is 30.3 Å². The maximum atomic E-state index is 6.10. The van der Waals surface area contributed by atoms with Crippen LogP contribution in [-0.2, 0) is 13.0 Å². The standard InChI is InChI=1S/C17H22N2S/c1-12-9-16(13(2)20-12)17(10-18)19-8-7-14-5-3-4-6-15(14)11-19/h3-6,9,17H,7-8,10-11,18H2,1-2H3. The van der Waals surface area contributed by atoms with Crippen molar-refractivity contribution in [2.75, 3.05) is 13.1 Å². The second kappa shape index (κ2) is 5.68. The first-order chi connectivity index (χ1) is 9.69. The number of aryl methyl sites for hydroxylation is 2. The highest BCUT2D eigenvalue weighted by Crippen LogP contribution is 2.32. The predicted octanol–water partition coefficient (Wildman–Crippen LogP) is 3.42. The number of nitrogens with two attached hydrogens (primary N) is 1. The minimum atomic E-state index is 0.355. The van der Waals surface area contributed by atoms with Gasteiger partial charge in [-0.05, 0) is 43.0 Å². The lowest BCUT2D eigenvalue weighted by atomic mass is 9.96. The molecule has 1 atom stereocenters. The van der Waals surface area contributed by atoms with E-state index in [0.29, 0.717) is 12.6 Å². The van der Waals surface area contributed by atoms with Gasteiger partial charge in [0.15, 0.2) is 0 Å². The number of thiophene rings is 1. The largest absolute Gasteiger partial charge is 0.329 e. The third-order valence-corrected chi connectivity index (χ3v) is 5.24. The molecule has 3 heteroatoms. The van der Waals surface area contributed by atoms with Gasteiger partial charge in [0.25, 0.3) is 0 Å². The average Bonchev–Trinajstić information content (AvgIpc) is 2.78. The molecule has 3 rings (SSSR count). The van der Waals surface area contributed by atoms with Gasteiger partial charge in [-0.1, -0.05) is 24.3 Å². The van der Waals surface area contributed by atoms with E-state index in [0.717, 1.165) is 19.5 Å². The lowest BCUT2D eigenvalue weighted by Gasteiger charge is -2.35. The molecule has 0 radical (unpaired) electrons. The van der Waals surface area contributed by atoms with E-state index >= 15 is 0 Å². The van der Waals surface area contributed by atoms with Gasteiger partial charge in [0.1, 0.15) is 0 Å². The van der Waals surface area contributed by atoms with Crippen molar-refractivity contribution in [3.8, 4) is 0 Å². The van der Waals surface area contributed by atoms with Gasteiger partial charge >= 0.3 is 0 Å². The monoisotopic (exact) mass is 286 g/mol. The first-order valence-corrected chi connectivity index (χ1v) is 8.08. The Hall–Kier alpha value is -1.16. The van der Waals surface area contributed by atoms with E-state index in [4.69, 9.17) is 5.73 Å². The van der Waals surface area contributed by atoms with Crippen LogP contribution in [0.25, 0.3) is 0 Å². The van der Waals surface area contributed by atoms with Gasteiger partial charge in [0.2, 0.25) is 0 Å². The molecular formula is C17H22N2S. The summed E-state index contributed by atoms with van der Waals surface area (Å²) >= 11 is 1.88. The van der Waals surface area contributed by atoms with Crippen LogP contribution in [0.2, 0.25) is 0 Å². The van der Waals surface area contributed by atoms with E-state index in [2.05, 4.69) is 49.1 Å². The minimum absolute atomic E-state index is 0.355. The molecule has 0 amide bonds. The minimum Gasteiger partial charge on any atom is -0.329 e. The van der Waals surface area contributed by atoms with Gasteiger partial charge in [0, 0.05) is 35.4 Å². The Labute approximate surface area is 125 Å². The molecule has 2 N–H and O–H groups in total. The van der Waals surface area contributed by atoms with Gasteiger partial charge in [-0.3, -0.25) is 4.90 Å². The Bertz CT molecular complexity index is 603. The van der Waals surface area contributed by atoms with Crippen molar-refractivity contribution in [1.82, 2.24) is 4.90 Å². The topological polar surface area (TPSA) is 29.3 Å². The fourth-order valence-electron chi connectivity index (χ4n) is 3.24. The number of hydrogen-bond donors (Lipinski definition) is 1. The summed E-state index contributed by atoms with van der Waals surface area (Å²) in [5, 5.41) is 0. The molecule has 0 aliphatic carbocycles. The summed E-state index contributed by atoms with van der Waals surface area (Å²) in [6.45, 7) is 7.21. The maximum Gasteiger partial charge on any atom is 0.0485 e. The number of nitrogens with zero attached hydrogens (tertiary/aromatic N) is 1. The van der Waals surface area contributed by atoms with E-state index in [1.165, 1.54) is 26.4 Å². The number of benzene rings is 1. The first kappa shape index (κ1) is 13.8. The smallest absolute Gasteiger partial charge is 0.0485 e. The second-order valence-corrected chi connectivity index (χ2v) is 7.07. The van der Waals surface area contributed by atoms with Crippen molar-refractivity contribution in [2.24, 2.45) is 5.73 Å². The average molecular weight is 286 g/mol. The summed E-state index contributed by atoms with van der Waals surface area (Å²) in [4.78, 5) is 5.33. The van der Waals surface area contributed by atoms with Crippen LogP contribution < -0.4 is 5.73 Å². The van der Waals surface area contributed by atoms with Crippen molar-refractivity contribution in [3.63, 3.8) is 0 Å². The fourth-order valence-corrected chi connectivity index (χ4v) is 4.22. The summed E-state index contributed by atoms with van der Waals surface area (Å²) in [5.41, 5.74) is 10.5. The van der Waals surface area contributed by atoms with Gasteiger partial charge in [-0.25, -0.2) is 0 Å². The Kier molecular flexibility index (Phi) is 3.92. The molecule has 2 nitrogen and oxygen atoms in total. The molecule has 0 bridgehead atoms. The zero-order valence-corrected chi connectivity index (χ0v) is 13.0. The summed E-state index contributed by atoms with van der Waals surface area (Å²) in [5.74, 6) is 0. The van der Waals surface area contributed by atoms with Crippen molar-refractivity contribution < 1.29 is 0 Å². The Morgan fingerprint density at radius 2 is 2.00 bits per heavy atom. The molecule has 1 aromatic heterocycles. The van der Waals surface area contributed by atoms with Crippen molar-refractivity contribution >= 4 is 11.3 Å². The zero-order valence-electron chi connectivity index (χ0n) is 12.2. The molecule has 2 heterocycles. The molecule has 0 fully saturated rings. The molecule has 20 heavy (non-hydrogen) atoms. The highest BCUT2D eigenvalue weighted by atomic mass is 32.1. The van der Waals surface area contributed by atoms with Crippen LogP contribution in [-0.4, -0.2) is 18.0 Å². The molecule has 0 saturated carbocycles. The molecule has 2 aromatic rings. The van der Waals surface area contributed by atoms with Crippen LogP contribution in [0.5, 0.6) is 0 Å². The number of fused-ring (bicyclic) bond motifs is 1. The van der Waals surface area contributed by atoms with E-state index in [9.17, 15) is 0 Å². The van der Waals surface area contributed by atoms with E-state index in [1.54, 1.807) is 0 Å². The fraction of sp³-hybridized carbons (Fsp3) is 0.412. The molecule has 1 aliphatic rings. The highest BCUT2D eigenvalue weighted by molar-refractivity contribution is 7.12. The molecule has 1 unspecified atom stereocenters. The summed E-state index contributed by atoms with van der Waals surface area (Å²) in [7, 11) is 0. The molecule has 1 aromatic carbocycles. The summed E-state index contributed by atoms with van der Waals surface area (Å²) < 4.78 is 0. The number of rotatable bonds is 3. The molecule has 0 spiro atoms. The van der Waals surface area contributed by atoms with Gasteiger partial charge in [-0.2, -0.15) is 0 Å². The van der Waals surface area contributed by atoms with E-state index in [-0.39, 0.29) is 0 Å². The molecule has 1 aliphatic heterocycles. The number of hydrogen-bond acceptors (Lipinski definition) is 3. The van der Waals surface area contributed by atoms with Crippen LogP contribution in [0.4, 0.5) is 0 Å². The quantitative estimate of drug-likeness (QED) is 0.936. The first-order valence-electron chi connectivity index (χ1n) is 7.27. The third-order valence-electron chi connectivity index (χ3n) is 4.26. The van der Waals surface area contributed by atoms with Crippen LogP contribution in [0.3, 0.4) is 0 Å². The van der Waals surface area contributed by atoms with Crippen molar-refractivity contribution in [1.29, 1.82) is 0 Å². The zero-order chi connectivity index (χ0) is 14.1. The SMILES string of the molecule is Cc1cc(C(CN)N2CCc3ccccc3C2)c(C)s1. The van der Waals surface area contributed by atoms with Crippen molar-refractivity contribution in [2.45, 2.75) is 32.9 Å². The van der Waals surface area contributed by atoms with E-state index in [1.807, 2.05) is 11.3 Å². The van der Waals surface area contributed by atoms with Crippen LogP contribution in [0.1, 0.15) is 32.5 Å². The van der Waals surface area contributed by atoms with E-state index < -0.39 is 0 Å². The van der Waals surface area contributed by atoms with Crippen molar-refractivity contribution in [3.05, 3.63) is 56.8 Å². The predicted molar refractivity (Wildman–Crippen MR) is 86.1 cm³/mol. The second-order valence-electron chi connectivity index (χ2n) is 5.61. The normalized spacial score (nSPS) is 16.9. The molecule has 0 saturated heterocycles. The van der Waals surface area contributed by atoms with Gasteiger partial charge in [0.05, 0.1) is 0 Å². The molecular weight excluding hydrogens is 264 g/mol. The highest BCUT2D eigenvalue weighted by Gasteiger charge is 2.25. The van der Waals surface area contributed by atoms with Crippen LogP contribution in [0, 0.1) is 13.8 Å². The Morgan fingerprint density at radius 1 is 1.25 bits per heavy atom. The Balaban J connectivity index is 1.87. The lowest BCUT2D eigenvalue weighted by molar-refractivity contribution is 0.183. The Morgan fingerprint density at radius 3 is 2.65 bits per heavy atom. The maximum absolute atomic E-state index is 6.10. The third kappa shape index (κ3) is 2.53. The molecule has 106 valence electrons. The lowest BCUT2D eigenvalue weighted by Crippen LogP contribution is -2.37. The van der Waals surface area contributed by atoms with Crippen LogP contribution >= 0.6 is 11.3 Å². The van der Waals surface area contributed by atoms with Gasteiger partial charge in [-0.15, -0.1) is 11.3 Å². The summed E-state index contributed by atoms with van der Waals surface area (Å²) in [6, 6.07) is 11.5. The van der Waals surface area contributed by atoms with Gasteiger partial charge < -0.3 is 5.73 Å².